The van der Waals surface area contributed by atoms with E-state index >= 15 is 0 Å². The lowest BCUT2D eigenvalue weighted by Gasteiger charge is -2.14. The van der Waals surface area contributed by atoms with Gasteiger partial charge in [0.2, 0.25) is 0 Å². The van der Waals surface area contributed by atoms with Crippen LogP contribution in [0.4, 0.5) is 4.39 Å². The number of hydrogen-bond donors (Lipinski definition) is 1. The average Bonchev–Trinajstić information content (AvgIpc) is 2.76. The smallest absolute Gasteiger partial charge is 0.123 e. The minimum absolute atomic E-state index is 0.194. The Balaban J connectivity index is 1.83. The van der Waals surface area contributed by atoms with Crippen molar-refractivity contribution in [3.8, 4) is 0 Å². The molecular formula is C14H18FN3. The number of rotatable bonds is 5. The van der Waals surface area contributed by atoms with Crippen molar-refractivity contribution in [2.45, 2.75) is 19.4 Å². The van der Waals surface area contributed by atoms with Gasteiger partial charge in [-0.15, -0.1) is 0 Å². The lowest BCUT2D eigenvalue weighted by atomic mass is 10.1. The fraction of sp³-hybridized carbons (Fsp3) is 0.357. The third-order valence-corrected chi connectivity index (χ3v) is 3.12. The molecule has 0 aliphatic carbocycles. The van der Waals surface area contributed by atoms with Gasteiger partial charge >= 0.3 is 0 Å². The Morgan fingerprint density at radius 2 is 2.00 bits per heavy atom. The maximum absolute atomic E-state index is 12.8. The van der Waals surface area contributed by atoms with Crippen molar-refractivity contribution in [2.24, 2.45) is 7.05 Å². The van der Waals surface area contributed by atoms with Crippen LogP contribution in [-0.4, -0.2) is 16.3 Å². The molecule has 0 amide bonds. The highest BCUT2D eigenvalue weighted by atomic mass is 19.1. The van der Waals surface area contributed by atoms with E-state index in [2.05, 4.69) is 17.3 Å². The molecule has 96 valence electrons. The molecule has 0 fully saturated rings. The molecule has 0 bridgehead atoms. The number of hydrogen-bond acceptors (Lipinski definition) is 2. The molecule has 0 aliphatic heterocycles. The van der Waals surface area contributed by atoms with Crippen LogP contribution in [0.5, 0.6) is 0 Å². The van der Waals surface area contributed by atoms with Gasteiger partial charge in [-0.2, -0.15) is 5.10 Å². The molecule has 4 heteroatoms. The number of nitrogens with zero attached hydrogens (tertiary/aromatic N) is 2. The van der Waals surface area contributed by atoms with E-state index in [4.69, 9.17) is 0 Å². The standard InChI is InChI=1S/C14H18FN3/c1-11(12-3-5-13(15)6-4-12)16-9-7-14-8-10-17-18(14)2/h3-6,8,10-11,16H,7,9H2,1-2H3. The van der Waals surface area contributed by atoms with Gasteiger partial charge in [0.05, 0.1) is 0 Å². The van der Waals surface area contributed by atoms with Crippen molar-refractivity contribution in [1.82, 2.24) is 15.1 Å². The second kappa shape index (κ2) is 5.78. The van der Waals surface area contributed by atoms with Crippen LogP contribution in [0.3, 0.4) is 0 Å². The highest BCUT2D eigenvalue weighted by Gasteiger charge is 2.05. The van der Waals surface area contributed by atoms with Gasteiger partial charge < -0.3 is 5.32 Å². The summed E-state index contributed by atoms with van der Waals surface area (Å²) in [7, 11) is 1.94. The summed E-state index contributed by atoms with van der Waals surface area (Å²) in [5.74, 6) is -0.194. The van der Waals surface area contributed by atoms with Gasteiger partial charge in [0.1, 0.15) is 5.82 Å². The summed E-state index contributed by atoms with van der Waals surface area (Å²) in [4.78, 5) is 0. The number of benzene rings is 1. The van der Waals surface area contributed by atoms with Crippen molar-refractivity contribution in [2.75, 3.05) is 6.54 Å². The number of nitrogens with one attached hydrogen (secondary N) is 1. The highest BCUT2D eigenvalue weighted by molar-refractivity contribution is 5.19. The van der Waals surface area contributed by atoms with Crippen molar-refractivity contribution in [1.29, 1.82) is 0 Å². The molecule has 0 spiro atoms. The van der Waals surface area contributed by atoms with Gasteiger partial charge in [-0.25, -0.2) is 4.39 Å². The maximum Gasteiger partial charge on any atom is 0.123 e. The van der Waals surface area contributed by atoms with Crippen LogP contribution in [0.1, 0.15) is 24.2 Å². The zero-order valence-corrected chi connectivity index (χ0v) is 10.7. The van der Waals surface area contributed by atoms with Crippen molar-refractivity contribution in [3.63, 3.8) is 0 Å². The first-order valence-electron chi connectivity index (χ1n) is 6.12. The Labute approximate surface area is 107 Å². The van der Waals surface area contributed by atoms with Gasteiger partial charge in [-0.1, -0.05) is 12.1 Å². The van der Waals surface area contributed by atoms with E-state index in [0.29, 0.717) is 0 Å². The molecule has 0 radical (unpaired) electrons. The van der Waals surface area contributed by atoms with Crippen molar-refractivity contribution < 1.29 is 4.39 Å². The number of halogens is 1. The summed E-state index contributed by atoms with van der Waals surface area (Å²) in [6, 6.07) is 8.86. The van der Waals surface area contributed by atoms with Crippen LogP contribution in [0.15, 0.2) is 36.5 Å². The van der Waals surface area contributed by atoms with Gasteiger partial charge in [-0.05, 0) is 30.7 Å². The van der Waals surface area contributed by atoms with Crippen LogP contribution in [0, 0.1) is 5.82 Å². The topological polar surface area (TPSA) is 29.9 Å². The van der Waals surface area contributed by atoms with Crippen LogP contribution in [-0.2, 0) is 13.5 Å². The van der Waals surface area contributed by atoms with Crippen molar-refractivity contribution >= 4 is 0 Å². The predicted molar refractivity (Wildman–Crippen MR) is 69.7 cm³/mol. The van der Waals surface area contributed by atoms with E-state index < -0.39 is 0 Å². The largest absolute Gasteiger partial charge is 0.310 e. The molecule has 3 nitrogen and oxygen atoms in total. The van der Waals surface area contributed by atoms with Gasteiger partial charge in [0.25, 0.3) is 0 Å². The van der Waals surface area contributed by atoms with Gasteiger partial charge in [0, 0.05) is 37.9 Å². The first kappa shape index (κ1) is 12.8. The fourth-order valence-electron chi connectivity index (χ4n) is 1.93. The zero-order valence-electron chi connectivity index (χ0n) is 10.7. The SMILES string of the molecule is CC(NCCc1ccnn1C)c1ccc(F)cc1. The van der Waals surface area contributed by atoms with E-state index in [9.17, 15) is 4.39 Å². The third kappa shape index (κ3) is 3.17. The molecule has 0 saturated carbocycles. The second-order valence-electron chi connectivity index (χ2n) is 4.42. The lowest BCUT2D eigenvalue weighted by Crippen LogP contribution is -2.22. The third-order valence-electron chi connectivity index (χ3n) is 3.12. The average molecular weight is 247 g/mol. The maximum atomic E-state index is 12.8. The van der Waals surface area contributed by atoms with E-state index in [1.807, 2.05) is 29.9 Å². The van der Waals surface area contributed by atoms with E-state index in [0.717, 1.165) is 18.5 Å². The molecule has 2 rings (SSSR count). The summed E-state index contributed by atoms with van der Waals surface area (Å²) in [6.45, 7) is 2.95. The van der Waals surface area contributed by atoms with E-state index in [1.54, 1.807) is 6.20 Å². The van der Waals surface area contributed by atoms with Crippen molar-refractivity contribution in [3.05, 3.63) is 53.6 Å². The van der Waals surface area contributed by atoms with Crippen LogP contribution in [0.25, 0.3) is 0 Å². The summed E-state index contributed by atoms with van der Waals surface area (Å²) in [5.41, 5.74) is 2.30. The first-order chi connectivity index (χ1) is 8.66. The Morgan fingerprint density at radius 3 is 2.61 bits per heavy atom. The molecular weight excluding hydrogens is 229 g/mol. The Hall–Kier alpha value is -1.68. The molecule has 1 heterocycles. The summed E-state index contributed by atoms with van der Waals surface area (Å²) >= 11 is 0. The molecule has 1 aromatic heterocycles. The molecule has 1 N–H and O–H groups in total. The summed E-state index contributed by atoms with van der Waals surface area (Å²) in [6.07, 6.45) is 2.74. The Kier molecular flexibility index (Phi) is 4.10. The zero-order chi connectivity index (χ0) is 13.0. The minimum Gasteiger partial charge on any atom is -0.310 e. The number of aryl methyl sites for hydroxylation is 1. The monoisotopic (exact) mass is 247 g/mol. The predicted octanol–water partition coefficient (Wildman–Crippen LogP) is 2.45. The summed E-state index contributed by atoms with van der Waals surface area (Å²) in [5, 5.41) is 7.55. The van der Waals surface area contributed by atoms with E-state index in [-0.39, 0.29) is 11.9 Å². The molecule has 1 unspecified atom stereocenters. The molecule has 1 aromatic carbocycles. The normalized spacial score (nSPS) is 12.6. The molecule has 1 atom stereocenters. The van der Waals surface area contributed by atoms with Gasteiger partial charge in [0.15, 0.2) is 0 Å². The lowest BCUT2D eigenvalue weighted by molar-refractivity contribution is 0.561. The van der Waals surface area contributed by atoms with E-state index in [1.165, 1.54) is 17.8 Å². The minimum atomic E-state index is -0.194. The highest BCUT2D eigenvalue weighted by Crippen LogP contribution is 2.12. The van der Waals surface area contributed by atoms with Crippen LogP contribution < -0.4 is 5.32 Å². The molecule has 0 aliphatic rings. The first-order valence-corrected chi connectivity index (χ1v) is 6.12. The van der Waals surface area contributed by atoms with Crippen LogP contribution >= 0.6 is 0 Å². The second-order valence-corrected chi connectivity index (χ2v) is 4.42. The summed E-state index contributed by atoms with van der Waals surface area (Å²) < 4.78 is 14.7. The molecule has 2 aromatic rings. The quantitative estimate of drug-likeness (QED) is 0.879. The molecule has 0 saturated heterocycles. The Bertz CT molecular complexity index is 490. The van der Waals surface area contributed by atoms with Gasteiger partial charge in [-0.3, -0.25) is 4.68 Å². The Morgan fingerprint density at radius 1 is 1.28 bits per heavy atom. The number of aromatic nitrogens is 2. The molecule has 18 heavy (non-hydrogen) atoms. The van der Waals surface area contributed by atoms with Crippen LogP contribution in [0.2, 0.25) is 0 Å². The fourth-order valence-corrected chi connectivity index (χ4v) is 1.93.